The molecule has 0 amide bonds. The molecule has 1 atom stereocenters. The van der Waals surface area contributed by atoms with E-state index in [0.717, 1.165) is 11.3 Å². The molecule has 0 unspecified atom stereocenters. The molecule has 20 heavy (non-hydrogen) atoms. The van der Waals surface area contributed by atoms with E-state index in [1.54, 1.807) is 49.6 Å². The van der Waals surface area contributed by atoms with E-state index in [4.69, 9.17) is 9.47 Å². The van der Waals surface area contributed by atoms with Crippen LogP contribution in [0.25, 0.3) is 0 Å². The first kappa shape index (κ1) is 14.2. The molecule has 4 nitrogen and oxygen atoms in total. The Balaban J connectivity index is 2.16. The fourth-order valence-corrected chi connectivity index (χ4v) is 2.05. The Morgan fingerprint density at radius 2 is 1.70 bits per heavy atom. The number of ether oxygens (including phenoxy) is 2. The summed E-state index contributed by atoms with van der Waals surface area (Å²) in [5.41, 5.74) is 1.42. The molecule has 4 heteroatoms. The molecule has 0 heterocycles. The lowest BCUT2D eigenvalue weighted by atomic mass is 10.0. The van der Waals surface area contributed by atoms with Gasteiger partial charge >= 0.3 is 0 Å². The number of para-hydroxylation sites is 1. The van der Waals surface area contributed by atoms with Crippen LogP contribution in [0.15, 0.2) is 42.5 Å². The van der Waals surface area contributed by atoms with Gasteiger partial charge < -0.3 is 19.7 Å². The average Bonchev–Trinajstić information content (AvgIpc) is 2.49. The summed E-state index contributed by atoms with van der Waals surface area (Å²) in [7, 11) is 3.10. The number of aromatic hydroxyl groups is 1. The number of phenolic OH excluding ortho intramolecular Hbond substituents is 1. The van der Waals surface area contributed by atoms with E-state index in [1.807, 2.05) is 0 Å². The molecule has 2 N–H and O–H groups in total. The van der Waals surface area contributed by atoms with Crippen LogP contribution in [-0.2, 0) is 6.42 Å². The van der Waals surface area contributed by atoms with Gasteiger partial charge in [-0.25, -0.2) is 0 Å². The van der Waals surface area contributed by atoms with E-state index < -0.39 is 6.10 Å². The number of hydrogen-bond acceptors (Lipinski definition) is 4. The van der Waals surface area contributed by atoms with Gasteiger partial charge in [0.15, 0.2) is 11.5 Å². The van der Waals surface area contributed by atoms with Gasteiger partial charge in [-0.2, -0.15) is 0 Å². The van der Waals surface area contributed by atoms with Crippen molar-refractivity contribution in [3.63, 3.8) is 0 Å². The first-order valence-corrected chi connectivity index (χ1v) is 6.32. The molecule has 0 fully saturated rings. The Morgan fingerprint density at radius 1 is 1.00 bits per heavy atom. The molecule has 0 aliphatic rings. The van der Waals surface area contributed by atoms with Crippen molar-refractivity contribution >= 4 is 0 Å². The molecule has 2 aromatic carbocycles. The third-order valence-electron chi connectivity index (χ3n) is 3.22. The zero-order valence-electron chi connectivity index (χ0n) is 11.5. The second-order valence-electron chi connectivity index (χ2n) is 4.46. The first-order valence-electron chi connectivity index (χ1n) is 6.32. The third kappa shape index (κ3) is 3.03. The molecule has 0 saturated carbocycles. The lowest BCUT2D eigenvalue weighted by Crippen LogP contribution is -2.02. The molecular weight excluding hydrogens is 256 g/mol. The van der Waals surface area contributed by atoms with Gasteiger partial charge in [-0.05, 0) is 23.8 Å². The standard InChI is InChI=1S/C16H18O4/c1-19-13-8-6-11(7-9-13)14(17)10-12-4-3-5-15(20-2)16(12)18/h3-9,14,17-18H,10H2,1-2H3/t14-/m0/s1. The predicted molar refractivity (Wildman–Crippen MR) is 76.3 cm³/mol. The summed E-state index contributed by atoms with van der Waals surface area (Å²) in [5.74, 6) is 1.22. The molecule has 0 spiro atoms. The first-order chi connectivity index (χ1) is 9.65. The van der Waals surface area contributed by atoms with Gasteiger partial charge in [-0.15, -0.1) is 0 Å². The van der Waals surface area contributed by atoms with Crippen LogP contribution in [-0.4, -0.2) is 24.4 Å². The second-order valence-corrected chi connectivity index (χ2v) is 4.46. The van der Waals surface area contributed by atoms with E-state index in [0.29, 0.717) is 17.7 Å². The normalized spacial score (nSPS) is 11.9. The number of methoxy groups -OCH3 is 2. The zero-order valence-corrected chi connectivity index (χ0v) is 11.5. The summed E-state index contributed by atoms with van der Waals surface area (Å²) in [5, 5.41) is 20.2. The number of rotatable bonds is 5. The summed E-state index contributed by atoms with van der Waals surface area (Å²) < 4.78 is 10.1. The van der Waals surface area contributed by atoms with Crippen LogP contribution >= 0.6 is 0 Å². The van der Waals surface area contributed by atoms with E-state index >= 15 is 0 Å². The maximum Gasteiger partial charge on any atom is 0.161 e. The molecule has 106 valence electrons. The summed E-state index contributed by atoms with van der Waals surface area (Å²) in [6, 6.07) is 12.4. The Hall–Kier alpha value is -2.20. The van der Waals surface area contributed by atoms with Gasteiger partial charge in [-0.1, -0.05) is 24.3 Å². The minimum absolute atomic E-state index is 0.0718. The predicted octanol–water partition coefficient (Wildman–Crippen LogP) is 2.69. The SMILES string of the molecule is COc1ccc([C@@H](O)Cc2cccc(OC)c2O)cc1. The molecule has 0 aliphatic carbocycles. The summed E-state index contributed by atoms with van der Waals surface area (Å²) >= 11 is 0. The Kier molecular flexibility index (Phi) is 4.48. The maximum atomic E-state index is 10.2. The van der Waals surface area contributed by atoms with Crippen LogP contribution in [0.5, 0.6) is 17.2 Å². The van der Waals surface area contributed by atoms with Crippen molar-refractivity contribution in [3.05, 3.63) is 53.6 Å². The van der Waals surface area contributed by atoms with Crippen molar-refractivity contribution in [3.8, 4) is 17.2 Å². The van der Waals surface area contributed by atoms with Gasteiger partial charge in [0.2, 0.25) is 0 Å². The molecule has 0 aliphatic heterocycles. The summed E-state index contributed by atoms with van der Waals surface area (Å²) in [4.78, 5) is 0. The smallest absolute Gasteiger partial charge is 0.161 e. The fraction of sp³-hybridized carbons (Fsp3) is 0.250. The quantitative estimate of drug-likeness (QED) is 0.880. The van der Waals surface area contributed by atoms with E-state index in [1.165, 1.54) is 7.11 Å². The lowest BCUT2D eigenvalue weighted by Gasteiger charge is -2.14. The largest absolute Gasteiger partial charge is 0.504 e. The molecule has 0 aromatic heterocycles. The zero-order chi connectivity index (χ0) is 14.5. The van der Waals surface area contributed by atoms with Crippen molar-refractivity contribution in [1.29, 1.82) is 0 Å². The summed E-state index contributed by atoms with van der Waals surface area (Å²) in [6.07, 6.45) is -0.381. The Labute approximate surface area is 118 Å². The van der Waals surface area contributed by atoms with Crippen molar-refractivity contribution in [2.24, 2.45) is 0 Å². The monoisotopic (exact) mass is 274 g/mol. The van der Waals surface area contributed by atoms with Gasteiger partial charge in [0, 0.05) is 12.0 Å². The highest BCUT2D eigenvalue weighted by Gasteiger charge is 2.13. The van der Waals surface area contributed by atoms with Crippen LogP contribution in [0.1, 0.15) is 17.2 Å². The van der Waals surface area contributed by atoms with Crippen molar-refractivity contribution in [2.75, 3.05) is 14.2 Å². The lowest BCUT2D eigenvalue weighted by molar-refractivity contribution is 0.177. The number of benzene rings is 2. The summed E-state index contributed by atoms with van der Waals surface area (Å²) in [6.45, 7) is 0. The molecule has 0 saturated heterocycles. The number of phenols is 1. The number of aliphatic hydroxyl groups is 1. The van der Waals surface area contributed by atoms with Gasteiger partial charge in [0.25, 0.3) is 0 Å². The Bertz CT molecular complexity index is 563. The van der Waals surface area contributed by atoms with Crippen LogP contribution in [0.4, 0.5) is 0 Å². The minimum Gasteiger partial charge on any atom is -0.504 e. The number of hydrogen-bond donors (Lipinski definition) is 2. The second kappa shape index (κ2) is 6.30. The minimum atomic E-state index is -0.695. The van der Waals surface area contributed by atoms with Crippen LogP contribution < -0.4 is 9.47 Å². The molecular formula is C16H18O4. The third-order valence-corrected chi connectivity index (χ3v) is 3.22. The highest BCUT2D eigenvalue weighted by atomic mass is 16.5. The van der Waals surface area contributed by atoms with Crippen LogP contribution in [0.3, 0.4) is 0 Å². The molecule has 2 aromatic rings. The topological polar surface area (TPSA) is 58.9 Å². The van der Waals surface area contributed by atoms with Crippen LogP contribution in [0, 0.1) is 0 Å². The fourth-order valence-electron chi connectivity index (χ4n) is 2.05. The van der Waals surface area contributed by atoms with Crippen molar-refractivity contribution < 1.29 is 19.7 Å². The van der Waals surface area contributed by atoms with E-state index in [-0.39, 0.29) is 5.75 Å². The Morgan fingerprint density at radius 3 is 2.30 bits per heavy atom. The molecule has 0 radical (unpaired) electrons. The van der Waals surface area contributed by atoms with Gasteiger partial charge in [-0.3, -0.25) is 0 Å². The van der Waals surface area contributed by atoms with E-state index in [9.17, 15) is 10.2 Å². The number of aliphatic hydroxyl groups excluding tert-OH is 1. The maximum absolute atomic E-state index is 10.2. The van der Waals surface area contributed by atoms with E-state index in [2.05, 4.69) is 0 Å². The van der Waals surface area contributed by atoms with Crippen LogP contribution in [0.2, 0.25) is 0 Å². The van der Waals surface area contributed by atoms with Gasteiger partial charge in [0.1, 0.15) is 5.75 Å². The highest BCUT2D eigenvalue weighted by molar-refractivity contribution is 5.46. The highest BCUT2D eigenvalue weighted by Crippen LogP contribution is 2.32. The molecule has 2 rings (SSSR count). The average molecular weight is 274 g/mol. The van der Waals surface area contributed by atoms with Crippen molar-refractivity contribution in [1.82, 2.24) is 0 Å². The van der Waals surface area contributed by atoms with Gasteiger partial charge in [0.05, 0.1) is 20.3 Å². The molecule has 0 bridgehead atoms. The van der Waals surface area contributed by atoms with Crippen molar-refractivity contribution in [2.45, 2.75) is 12.5 Å².